The maximum Gasteiger partial charge on any atom is 0.0791 e. The molecule has 15 heavy (non-hydrogen) atoms. The van der Waals surface area contributed by atoms with Gasteiger partial charge in [-0.05, 0) is 26.3 Å². The molecule has 0 aliphatic heterocycles. The summed E-state index contributed by atoms with van der Waals surface area (Å²) < 4.78 is 0. The largest absolute Gasteiger partial charge is 0.390 e. The predicted octanol–water partition coefficient (Wildman–Crippen LogP) is 1.03. The second-order valence-electron chi connectivity index (χ2n) is 3.92. The maximum absolute atomic E-state index is 9.75. The molecule has 0 saturated heterocycles. The fourth-order valence-corrected chi connectivity index (χ4v) is 2.48. The van der Waals surface area contributed by atoms with E-state index in [1.54, 1.807) is 0 Å². The third-order valence-corrected chi connectivity index (χ3v) is 3.30. The van der Waals surface area contributed by atoms with Gasteiger partial charge in [-0.25, -0.2) is 0 Å². The van der Waals surface area contributed by atoms with Crippen LogP contribution in [0.4, 0.5) is 0 Å². The fourth-order valence-electron chi connectivity index (χ4n) is 1.61. The van der Waals surface area contributed by atoms with Crippen LogP contribution in [0.2, 0.25) is 0 Å². The van der Waals surface area contributed by atoms with Crippen LogP contribution in [-0.2, 0) is 0 Å². The molecular formula is C11H26N2OS. The second-order valence-corrected chi connectivity index (χ2v) is 4.83. The van der Waals surface area contributed by atoms with Gasteiger partial charge >= 0.3 is 0 Å². The summed E-state index contributed by atoms with van der Waals surface area (Å²) in [6, 6.07) is 0.580. The number of thioether (sulfide) groups is 1. The zero-order valence-electron chi connectivity index (χ0n) is 10.5. The molecule has 4 heteroatoms. The minimum absolute atomic E-state index is 0.258. The molecular weight excluding hydrogens is 208 g/mol. The van der Waals surface area contributed by atoms with Crippen LogP contribution in [0.3, 0.4) is 0 Å². The van der Waals surface area contributed by atoms with Gasteiger partial charge < -0.3 is 10.4 Å². The van der Waals surface area contributed by atoms with Crippen molar-refractivity contribution in [3.8, 4) is 0 Å². The van der Waals surface area contributed by atoms with Gasteiger partial charge in [-0.2, -0.15) is 11.8 Å². The van der Waals surface area contributed by atoms with Crippen LogP contribution in [0.25, 0.3) is 0 Å². The highest BCUT2D eigenvalue weighted by Gasteiger charge is 2.15. The standard InChI is InChI=1S/C11H26N2OS/c1-5-10(9-15-4)13(3)8-11(14)7-12-6-2/h10-12,14H,5-9H2,1-4H3. The highest BCUT2D eigenvalue weighted by Crippen LogP contribution is 2.08. The van der Waals surface area contributed by atoms with Crippen molar-refractivity contribution in [3.05, 3.63) is 0 Å². The van der Waals surface area contributed by atoms with E-state index in [1.807, 2.05) is 11.8 Å². The van der Waals surface area contributed by atoms with Crippen molar-refractivity contribution in [3.63, 3.8) is 0 Å². The van der Waals surface area contributed by atoms with Gasteiger partial charge in [0.1, 0.15) is 0 Å². The summed E-state index contributed by atoms with van der Waals surface area (Å²) in [4.78, 5) is 2.26. The van der Waals surface area contributed by atoms with E-state index in [4.69, 9.17) is 0 Å². The lowest BCUT2D eigenvalue weighted by Gasteiger charge is -2.28. The van der Waals surface area contributed by atoms with E-state index in [-0.39, 0.29) is 6.10 Å². The monoisotopic (exact) mass is 234 g/mol. The lowest BCUT2D eigenvalue weighted by Crippen LogP contribution is -2.42. The average molecular weight is 234 g/mol. The van der Waals surface area contributed by atoms with Crippen LogP contribution in [-0.4, -0.2) is 60.8 Å². The van der Waals surface area contributed by atoms with E-state index in [1.165, 1.54) is 0 Å². The maximum atomic E-state index is 9.75. The number of rotatable bonds is 9. The van der Waals surface area contributed by atoms with Gasteiger partial charge in [-0.3, -0.25) is 4.90 Å². The first-order chi connectivity index (χ1) is 7.15. The lowest BCUT2D eigenvalue weighted by molar-refractivity contribution is 0.107. The van der Waals surface area contributed by atoms with Crippen LogP contribution >= 0.6 is 11.8 Å². The Hall–Kier alpha value is 0.230. The van der Waals surface area contributed by atoms with E-state index >= 15 is 0 Å². The SMILES string of the molecule is CCNCC(O)CN(C)C(CC)CSC. The molecule has 0 radical (unpaired) electrons. The summed E-state index contributed by atoms with van der Waals surface area (Å²) in [6.07, 6.45) is 3.02. The molecule has 2 atom stereocenters. The summed E-state index contributed by atoms with van der Waals surface area (Å²) in [7, 11) is 2.10. The predicted molar refractivity (Wildman–Crippen MR) is 69.6 cm³/mol. The molecule has 0 aromatic rings. The van der Waals surface area contributed by atoms with Crippen LogP contribution in [0.1, 0.15) is 20.3 Å². The Labute approximate surface area is 98.6 Å². The molecule has 0 rings (SSSR count). The van der Waals surface area contributed by atoms with Gasteiger partial charge in [0.2, 0.25) is 0 Å². The van der Waals surface area contributed by atoms with Gasteiger partial charge in [0.15, 0.2) is 0 Å². The average Bonchev–Trinajstić information content (AvgIpc) is 2.22. The molecule has 0 spiro atoms. The van der Waals surface area contributed by atoms with Gasteiger partial charge in [-0.15, -0.1) is 0 Å². The molecule has 0 aromatic heterocycles. The Morgan fingerprint density at radius 3 is 2.53 bits per heavy atom. The first-order valence-electron chi connectivity index (χ1n) is 5.73. The number of hydrogen-bond acceptors (Lipinski definition) is 4. The minimum atomic E-state index is -0.258. The molecule has 2 N–H and O–H groups in total. The van der Waals surface area contributed by atoms with Crippen LogP contribution in [0.15, 0.2) is 0 Å². The van der Waals surface area contributed by atoms with Crippen molar-refractivity contribution < 1.29 is 5.11 Å². The number of aliphatic hydroxyl groups excluding tert-OH is 1. The zero-order chi connectivity index (χ0) is 11.7. The van der Waals surface area contributed by atoms with Crippen molar-refractivity contribution >= 4 is 11.8 Å². The molecule has 0 heterocycles. The second kappa shape index (κ2) is 9.46. The molecule has 3 nitrogen and oxygen atoms in total. The Balaban J connectivity index is 3.81. The lowest BCUT2D eigenvalue weighted by atomic mass is 10.2. The van der Waals surface area contributed by atoms with Gasteiger partial charge in [0, 0.05) is 24.9 Å². The van der Waals surface area contributed by atoms with E-state index in [2.05, 4.69) is 37.4 Å². The first-order valence-corrected chi connectivity index (χ1v) is 7.12. The highest BCUT2D eigenvalue weighted by molar-refractivity contribution is 7.98. The number of aliphatic hydroxyl groups is 1. The van der Waals surface area contributed by atoms with Crippen molar-refractivity contribution in [2.45, 2.75) is 32.4 Å². The van der Waals surface area contributed by atoms with Crippen LogP contribution in [0, 0.1) is 0 Å². The van der Waals surface area contributed by atoms with Crippen molar-refractivity contribution in [1.82, 2.24) is 10.2 Å². The van der Waals surface area contributed by atoms with E-state index in [9.17, 15) is 5.11 Å². The summed E-state index contributed by atoms with van der Waals surface area (Å²) >= 11 is 1.87. The number of hydrogen-bond donors (Lipinski definition) is 2. The van der Waals surface area contributed by atoms with E-state index in [0.29, 0.717) is 12.6 Å². The number of nitrogens with one attached hydrogen (secondary N) is 1. The molecule has 0 aliphatic rings. The van der Waals surface area contributed by atoms with Crippen LogP contribution < -0.4 is 5.32 Å². The van der Waals surface area contributed by atoms with Crippen molar-refractivity contribution in [2.24, 2.45) is 0 Å². The van der Waals surface area contributed by atoms with Crippen molar-refractivity contribution in [2.75, 3.05) is 38.7 Å². The Bertz CT molecular complexity index is 147. The highest BCUT2D eigenvalue weighted by atomic mass is 32.2. The van der Waals surface area contributed by atoms with Gasteiger partial charge in [-0.1, -0.05) is 13.8 Å². The Morgan fingerprint density at radius 2 is 2.07 bits per heavy atom. The first kappa shape index (κ1) is 15.2. The smallest absolute Gasteiger partial charge is 0.0791 e. The van der Waals surface area contributed by atoms with E-state index in [0.717, 1.165) is 25.3 Å². The van der Waals surface area contributed by atoms with Crippen LogP contribution in [0.5, 0.6) is 0 Å². The number of nitrogens with zero attached hydrogens (tertiary/aromatic N) is 1. The molecule has 0 amide bonds. The topological polar surface area (TPSA) is 35.5 Å². The third-order valence-electron chi connectivity index (χ3n) is 2.58. The molecule has 0 aliphatic carbocycles. The molecule has 0 fully saturated rings. The molecule has 0 aromatic carbocycles. The van der Waals surface area contributed by atoms with Gasteiger partial charge in [0.25, 0.3) is 0 Å². The quantitative estimate of drug-likeness (QED) is 0.625. The normalized spacial score (nSPS) is 15.6. The minimum Gasteiger partial charge on any atom is -0.390 e. The summed E-state index contributed by atoms with van der Waals surface area (Å²) in [6.45, 7) is 6.62. The Kier molecular flexibility index (Phi) is 9.60. The van der Waals surface area contributed by atoms with E-state index < -0.39 is 0 Å². The molecule has 92 valence electrons. The summed E-state index contributed by atoms with van der Waals surface area (Å²) in [5, 5.41) is 12.9. The summed E-state index contributed by atoms with van der Waals surface area (Å²) in [5.74, 6) is 1.14. The van der Waals surface area contributed by atoms with Crippen molar-refractivity contribution in [1.29, 1.82) is 0 Å². The molecule has 2 unspecified atom stereocenters. The number of likely N-dealkylation sites (N-methyl/N-ethyl adjacent to an activating group) is 2. The van der Waals surface area contributed by atoms with Gasteiger partial charge in [0.05, 0.1) is 6.10 Å². The Morgan fingerprint density at radius 1 is 1.40 bits per heavy atom. The fraction of sp³-hybridized carbons (Fsp3) is 1.00. The third kappa shape index (κ3) is 7.17. The summed E-state index contributed by atoms with van der Waals surface area (Å²) in [5.41, 5.74) is 0. The zero-order valence-corrected chi connectivity index (χ0v) is 11.3. The molecule has 0 saturated carbocycles. The molecule has 0 bridgehead atoms.